The van der Waals surface area contributed by atoms with Crippen LogP contribution >= 0.6 is 23.2 Å². The lowest BCUT2D eigenvalue weighted by Gasteiger charge is -2.15. The summed E-state index contributed by atoms with van der Waals surface area (Å²) in [5.74, 6) is -0.951. The first-order valence-corrected chi connectivity index (χ1v) is 8.65. The Balaban J connectivity index is 1.84. The van der Waals surface area contributed by atoms with Gasteiger partial charge in [-0.05, 0) is 42.8 Å². The van der Waals surface area contributed by atoms with Gasteiger partial charge in [0.1, 0.15) is 5.75 Å². The van der Waals surface area contributed by atoms with E-state index in [1.807, 2.05) is 0 Å². The minimum absolute atomic E-state index is 0.0998. The van der Waals surface area contributed by atoms with Crippen LogP contribution in [0.3, 0.4) is 0 Å². The zero-order valence-electron chi connectivity index (χ0n) is 14.5. The first-order chi connectivity index (χ1) is 13.6. The van der Waals surface area contributed by atoms with Crippen LogP contribution in [0.5, 0.6) is 5.75 Å². The Labute approximate surface area is 171 Å². The number of amides is 1. The maximum Gasteiger partial charge on any atom is 0.573 e. The van der Waals surface area contributed by atoms with Crippen molar-refractivity contribution in [3.8, 4) is 11.7 Å². The van der Waals surface area contributed by atoms with Crippen LogP contribution in [0.25, 0.3) is 5.95 Å². The van der Waals surface area contributed by atoms with Crippen molar-refractivity contribution >= 4 is 29.1 Å². The summed E-state index contributed by atoms with van der Waals surface area (Å²) in [6.45, 7) is 1.58. The fourth-order valence-electron chi connectivity index (χ4n) is 2.36. The number of rotatable bonds is 5. The van der Waals surface area contributed by atoms with E-state index in [2.05, 4.69) is 30.1 Å². The molecular formula is C16H11Cl2F3N6O2. The minimum atomic E-state index is -4.92. The van der Waals surface area contributed by atoms with Crippen molar-refractivity contribution in [1.29, 1.82) is 0 Å². The highest BCUT2D eigenvalue weighted by atomic mass is 35.5. The van der Waals surface area contributed by atoms with Gasteiger partial charge in [0.2, 0.25) is 5.28 Å². The van der Waals surface area contributed by atoms with E-state index in [9.17, 15) is 18.0 Å². The molecule has 3 aromatic rings. The molecule has 0 bridgehead atoms. The largest absolute Gasteiger partial charge is 0.573 e. The summed E-state index contributed by atoms with van der Waals surface area (Å²) in [7, 11) is 0. The lowest BCUT2D eigenvalue weighted by Crippen LogP contribution is -2.29. The number of nitrogens with one attached hydrogen (secondary N) is 1. The highest BCUT2D eigenvalue weighted by Crippen LogP contribution is 2.27. The SMILES string of the molecule is CC(NC(=O)c1cc(Cl)cc(OC(F)(F)F)c1)c1nc(Cl)nn1-c1ncccn1. The number of carbonyl (C=O) groups is 1. The third kappa shape index (κ3) is 5.33. The van der Waals surface area contributed by atoms with Gasteiger partial charge in [-0.25, -0.2) is 9.97 Å². The van der Waals surface area contributed by atoms with E-state index >= 15 is 0 Å². The number of carbonyl (C=O) groups excluding carboxylic acids is 1. The third-order valence-corrected chi connectivity index (χ3v) is 3.83. The number of alkyl halides is 3. The molecule has 0 aliphatic carbocycles. The lowest BCUT2D eigenvalue weighted by atomic mass is 10.2. The third-order valence-electron chi connectivity index (χ3n) is 3.45. The topological polar surface area (TPSA) is 94.8 Å². The second-order valence-electron chi connectivity index (χ2n) is 5.62. The van der Waals surface area contributed by atoms with Gasteiger partial charge in [0, 0.05) is 23.0 Å². The van der Waals surface area contributed by atoms with Crippen molar-refractivity contribution in [2.24, 2.45) is 0 Å². The summed E-state index contributed by atoms with van der Waals surface area (Å²) in [6, 6.07) is 3.91. The van der Waals surface area contributed by atoms with E-state index in [0.29, 0.717) is 0 Å². The van der Waals surface area contributed by atoms with E-state index < -0.39 is 24.1 Å². The fourth-order valence-corrected chi connectivity index (χ4v) is 2.74. The normalized spacial score (nSPS) is 12.5. The van der Waals surface area contributed by atoms with Gasteiger partial charge < -0.3 is 10.1 Å². The highest BCUT2D eigenvalue weighted by Gasteiger charge is 2.31. The number of halogens is 5. The van der Waals surface area contributed by atoms with E-state index in [-0.39, 0.29) is 27.6 Å². The van der Waals surface area contributed by atoms with Gasteiger partial charge in [-0.2, -0.15) is 9.67 Å². The van der Waals surface area contributed by atoms with Crippen molar-refractivity contribution < 1.29 is 22.7 Å². The summed E-state index contributed by atoms with van der Waals surface area (Å²) >= 11 is 11.7. The van der Waals surface area contributed by atoms with E-state index in [0.717, 1.165) is 12.1 Å². The molecule has 0 saturated heterocycles. The molecule has 0 aliphatic heterocycles. The lowest BCUT2D eigenvalue weighted by molar-refractivity contribution is -0.274. The molecule has 1 aromatic carbocycles. The standard InChI is InChI=1S/C16H11Cl2F3N6O2/c1-8(12-25-14(18)26-27(12)15-22-3-2-4-23-15)24-13(28)9-5-10(17)7-11(6-9)29-16(19,20)21/h2-8H,1H3,(H,24,28). The molecule has 1 atom stereocenters. The van der Waals surface area contributed by atoms with Crippen LogP contribution in [0.2, 0.25) is 10.3 Å². The Hall–Kier alpha value is -2.92. The van der Waals surface area contributed by atoms with Gasteiger partial charge in [-0.15, -0.1) is 18.3 Å². The van der Waals surface area contributed by atoms with Gasteiger partial charge >= 0.3 is 6.36 Å². The molecular weight excluding hydrogens is 436 g/mol. The van der Waals surface area contributed by atoms with Crippen LogP contribution in [-0.4, -0.2) is 37.0 Å². The van der Waals surface area contributed by atoms with Crippen LogP contribution in [0.4, 0.5) is 13.2 Å². The van der Waals surface area contributed by atoms with Gasteiger partial charge in [-0.1, -0.05) is 11.6 Å². The van der Waals surface area contributed by atoms with Crippen molar-refractivity contribution in [3.63, 3.8) is 0 Å². The highest BCUT2D eigenvalue weighted by molar-refractivity contribution is 6.31. The first kappa shape index (κ1) is 20.8. The average Bonchev–Trinajstić information content (AvgIpc) is 3.02. The van der Waals surface area contributed by atoms with Crippen molar-refractivity contribution in [1.82, 2.24) is 30.0 Å². The molecule has 29 heavy (non-hydrogen) atoms. The Morgan fingerprint density at radius 3 is 2.55 bits per heavy atom. The maximum atomic E-state index is 12.5. The molecule has 1 amide bonds. The zero-order chi connectivity index (χ0) is 21.2. The molecule has 0 radical (unpaired) electrons. The number of nitrogens with zero attached hydrogens (tertiary/aromatic N) is 5. The van der Waals surface area contributed by atoms with E-state index in [1.165, 1.54) is 23.1 Å². The van der Waals surface area contributed by atoms with E-state index in [4.69, 9.17) is 23.2 Å². The molecule has 2 heterocycles. The van der Waals surface area contributed by atoms with Crippen molar-refractivity contribution in [2.75, 3.05) is 0 Å². The zero-order valence-corrected chi connectivity index (χ0v) is 16.0. The van der Waals surface area contributed by atoms with E-state index in [1.54, 1.807) is 13.0 Å². The Morgan fingerprint density at radius 1 is 1.21 bits per heavy atom. The van der Waals surface area contributed by atoms with Crippen LogP contribution in [0, 0.1) is 0 Å². The van der Waals surface area contributed by atoms with Gasteiger partial charge in [0.05, 0.1) is 6.04 Å². The molecule has 0 aliphatic rings. The van der Waals surface area contributed by atoms with Crippen LogP contribution in [0.1, 0.15) is 29.1 Å². The van der Waals surface area contributed by atoms with Gasteiger partial charge in [-0.3, -0.25) is 4.79 Å². The molecule has 1 N–H and O–H groups in total. The molecule has 3 rings (SSSR count). The Bertz CT molecular complexity index is 1030. The van der Waals surface area contributed by atoms with Crippen molar-refractivity contribution in [2.45, 2.75) is 19.3 Å². The minimum Gasteiger partial charge on any atom is -0.406 e. The summed E-state index contributed by atoms with van der Waals surface area (Å²) in [6.07, 6.45) is -1.95. The molecule has 0 spiro atoms. The fraction of sp³-hybridized carbons (Fsp3) is 0.188. The summed E-state index contributed by atoms with van der Waals surface area (Å²) in [5.41, 5.74) is -0.142. The van der Waals surface area contributed by atoms with Gasteiger partial charge in [0.15, 0.2) is 5.82 Å². The summed E-state index contributed by atoms with van der Waals surface area (Å²) in [4.78, 5) is 24.6. The second kappa shape index (κ2) is 8.21. The number of hydrogen-bond acceptors (Lipinski definition) is 6. The predicted octanol–water partition coefficient (Wildman–Crippen LogP) is 3.75. The quantitative estimate of drug-likeness (QED) is 0.641. The summed E-state index contributed by atoms with van der Waals surface area (Å²) < 4.78 is 42.4. The monoisotopic (exact) mass is 446 g/mol. The maximum absolute atomic E-state index is 12.5. The molecule has 1 unspecified atom stereocenters. The smallest absolute Gasteiger partial charge is 0.406 e. The van der Waals surface area contributed by atoms with Gasteiger partial charge in [0.25, 0.3) is 11.9 Å². The number of aromatic nitrogens is 5. The number of hydrogen-bond donors (Lipinski definition) is 1. The van der Waals surface area contributed by atoms with Crippen LogP contribution < -0.4 is 10.1 Å². The molecule has 8 nitrogen and oxygen atoms in total. The molecule has 2 aromatic heterocycles. The molecule has 152 valence electrons. The van der Waals surface area contributed by atoms with Crippen LogP contribution in [-0.2, 0) is 0 Å². The molecule has 0 saturated carbocycles. The van der Waals surface area contributed by atoms with Crippen LogP contribution in [0.15, 0.2) is 36.7 Å². The second-order valence-corrected chi connectivity index (χ2v) is 6.39. The number of ether oxygens (including phenoxy) is 1. The molecule has 13 heteroatoms. The number of benzene rings is 1. The molecule has 0 fully saturated rings. The summed E-state index contributed by atoms with van der Waals surface area (Å²) in [5, 5.41) is 6.36. The predicted molar refractivity (Wildman–Crippen MR) is 96.0 cm³/mol. The first-order valence-electron chi connectivity index (χ1n) is 7.89. The average molecular weight is 447 g/mol. The Morgan fingerprint density at radius 2 is 1.90 bits per heavy atom. The van der Waals surface area contributed by atoms with Crippen molar-refractivity contribution in [3.05, 3.63) is 58.4 Å². The Kier molecular flexibility index (Phi) is 5.89.